The highest BCUT2D eigenvalue weighted by atomic mass is 19.1. The van der Waals surface area contributed by atoms with Crippen LogP contribution < -0.4 is 0 Å². The summed E-state index contributed by atoms with van der Waals surface area (Å²) in [6.07, 6.45) is 2.69. The molecule has 1 atom stereocenters. The van der Waals surface area contributed by atoms with E-state index >= 15 is 0 Å². The zero-order valence-corrected chi connectivity index (χ0v) is 11.1. The van der Waals surface area contributed by atoms with Gasteiger partial charge in [0.15, 0.2) is 0 Å². The first-order valence-corrected chi connectivity index (χ1v) is 6.81. The molecule has 1 N–H and O–H groups in total. The van der Waals surface area contributed by atoms with Crippen LogP contribution in [0.2, 0.25) is 0 Å². The van der Waals surface area contributed by atoms with Crippen LogP contribution >= 0.6 is 0 Å². The van der Waals surface area contributed by atoms with E-state index in [1.54, 1.807) is 0 Å². The Labute approximate surface area is 112 Å². The molecule has 1 aliphatic carbocycles. The Morgan fingerprint density at radius 2 is 1.89 bits per heavy atom. The fraction of sp³-hybridized carbons (Fsp3) is 0.600. The molecule has 1 unspecified atom stereocenters. The molecule has 106 valence electrons. The van der Waals surface area contributed by atoms with E-state index in [0.29, 0.717) is 30.4 Å². The third-order valence-electron chi connectivity index (χ3n) is 3.59. The summed E-state index contributed by atoms with van der Waals surface area (Å²) in [7, 11) is 0. The van der Waals surface area contributed by atoms with Gasteiger partial charge in [0.2, 0.25) is 0 Å². The topological polar surface area (TPSA) is 29.5 Å². The summed E-state index contributed by atoms with van der Waals surface area (Å²) in [6.45, 7) is 2.70. The molecule has 1 aliphatic rings. The second-order valence-electron chi connectivity index (χ2n) is 5.29. The Hall–Kier alpha value is -1.00. The quantitative estimate of drug-likeness (QED) is 0.860. The Kier molecular flexibility index (Phi) is 4.88. The summed E-state index contributed by atoms with van der Waals surface area (Å²) in [5, 5.41) is 9.95. The van der Waals surface area contributed by atoms with Gasteiger partial charge < -0.3 is 9.84 Å². The maximum Gasteiger partial charge on any atom is 0.126 e. The van der Waals surface area contributed by atoms with E-state index < -0.39 is 17.7 Å². The molecule has 19 heavy (non-hydrogen) atoms. The molecule has 0 spiro atoms. The van der Waals surface area contributed by atoms with Crippen LogP contribution in [0, 0.1) is 17.6 Å². The molecule has 1 fully saturated rings. The smallest absolute Gasteiger partial charge is 0.126 e. The highest BCUT2D eigenvalue weighted by Crippen LogP contribution is 2.34. The minimum Gasteiger partial charge on any atom is -0.393 e. The lowest BCUT2D eigenvalue weighted by Crippen LogP contribution is -2.34. The van der Waals surface area contributed by atoms with Gasteiger partial charge in [-0.05, 0) is 56.2 Å². The molecule has 0 aromatic heterocycles. The van der Waals surface area contributed by atoms with E-state index in [2.05, 4.69) is 0 Å². The standard InChI is InChI=1S/C15H20F2O2/c1-2-19-15-7-11(8-15)6-14(18)5-10-3-12(16)9-13(17)4-10/h3-4,9,11,14-15,18H,2,5-8H2,1H3. The first-order valence-electron chi connectivity index (χ1n) is 6.81. The molecule has 0 amide bonds. The van der Waals surface area contributed by atoms with E-state index in [4.69, 9.17) is 4.74 Å². The summed E-state index contributed by atoms with van der Waals surface area (Å²) in [5.74, 6) is -0.727. The predicted molar refractivity (Wildman–Crippen MR) is 68.8 cm³/mol. The number of halogens is 2. The molecule has 1 saturated carbocycles. The van der Waals surface area contributed by atoms with Gasteiger partial charge in [-0.15, -0.1) is 0 Å². The third kappa shape index (κ3) is 4.25. The molecular formula is C15H20F2O2. The number of ether oxygens (including phenoxy) is 1. The molecule has 0 radical (unpaired) electrons. The van der Waals surface area contributed by atoms with E-state index in [1.165, 1.54) is 12.1 Å². The number of aliphatic hydroxyl groups is 1. The SMILES string of the molecule is CCOC1CC(CC(O)Cc2cc(F)cc(F)c2)C1. The number of hydrogen-bond acceptors (Lipinski definition) is 2. The Morgan fingerprint density at radius 3 is 2.47 bits per heavy atom. The molecule has 1 aromatic rings. The molecule has 2 nitrogen and oxygen atoms in total. The van der Waals surface area contributed by atoms with Crippen molar-refractivity contribution < 1.29 is 18.6 Å². The van der Waals surface area contributed by atoms with Gasteiger partial charge in [0.05, 0.1) is 12.2 Å². The van der Waals surface area contributed by atoms with Crippen molar-refractivity contribution in [3.8, 4) is 0 Å². The van der Waals surface area contributed by atoms with Gasteiger partial charge in [-0.2, -0.15) is 0 Å². The minimum absolute atomic E-state index is 0.296. The van der Waals surface area contributed by atoms with Gasteiger partial charge in [-0.25, -0.2) is 8.78 Å². The molecule has 1 aromatic carbocycles. The van der Waals surface area contributed by atoms with Crippen molar-refractivity contribution in [1.82, 2.24) is 0 Å². The van der Waals surface area contributed by atoms with Crippen molar-refractivity contribution in [3.63, 3.8) is 0 Å². The van der Waals surface area contributed by atoms with Crippen molar-refractivity contribution in [2.75, 3.05) is 6.61 Å². The molecule has 4 heteroatoms. The molecule has 0 saturated heterocycles. The number of rotatable bonds is 6. The number of aliphatic hydroxyl groups excluding tert-OH is 1. The average molecular weight is 270 g/mol. The first kappa shape index (κ1) is 14.4. The van der Waals surface area contributed by atoms with E-state index in [-0.39, 0.29) is 0 Å². The highest BCUT2D eigenvalue weighted by molar-refractivity contribution is 5.18. The minimum atomic E-state index is -0.595. The van der Waals surface area contributed by atoms with Gasteiger partial charge in [-0.3, -0.25) is 0 Å². The Bertz CT molecular complexity index is 396. The van der Waals surface area contributed by atoms with Crippen molar-refractivity contribution in [2.45, 2.75) is 44.8 Å². The van der Waals surface area contributed by atoms with Crippen molar-refractivity contribution in [1.29, 1.82) is 0 Å². The Balaban J connectivity index is 1.77. The predicted octanol–water partition coefficient (Wildman–Crippen LogP) is 3.07. The van der Waals surface area contributed by atoms with Crippen LogP contribution in [0.25, 0.3) is 0 Å². The summed E-state index contributed by atoms with van der Waals surface area (Å²) < 4.78 is 31.5. The highest BCUT2D eigenvalue weighted by Gasteiger charge is 2.30. The van der Waals surface area contributed by atoms with Crippen LogP contribution in [0.15, 0.2) is 18.2 Å². The molecule has 2 rings (SSSR count). The number of benzene rings is 1. The van der Waals surface area contributed by atoms with Crippen molar-refractivity contribution in [2.24, 2.45) is 5.92 Å². The lowest BCUT2D eigenvalue weighted by Gasteiger charge is -2.36. The fourth-order valence-electron chi connectivity index (χ4n) is 2.71. The van der Waals surface area contributed by atoms with Crippen LogP contribution in [-0.4, -0.2) is 23.9 Å². The van der Waals surface area contributed by atoms with Crippen molar-refractivity contribution in [3.05, 3.63) is 35.4 Å². The maximum atomic E-state index is 13.0. The summed E-state index contributed by atoms with van der Waals surface area (Å²) in [4.78, 5) is 0. The summed E-state index contributed by atoms with van der Waals surface area (Å²) in [6, 6.07) is 3.39. The van der Waals surface area contributed by atoms with Crippen LogP contribution in [0.5, 0.6) is 0 Å². The second kappa shape index (κ2) is 6.44. The van der Waals surface area contributed by atoms with Gasteiger partial charge in [0.1, 0.15) is 11.6 Å². The lowest BCUT2D eigenvalue weighted by molar-refractivity contribution is -0.0375. The van der Waals surface area contributed by atoms with Crippen LogP contribution in [0.3, 0.4) is 0 Å². The largest absolute Gasteiger partial charge is 0.393 e. The van der Waals surface area contributed by atoms with E-state index in [0.717, 1.165) is 25.5 Å². The molecule has 0 bridgehead atoms. The zero-order valence-electron chi connectivity index (χ0n) is 11.1. The van der Waals surface area contributed by atoms with Gasteiger partial charge in [-0.1, -0.05) is 0 Å². The first-order chi connectivity index (χ1) is 9.06. The molecule has 0 aliphatic heterocycles. The van der Waals surface area contributed by atoms with E-state index in [1.807, 2.05) is 6.92 Å². The summed E-state index contributed by atoms with van der Waals surface area (Å²) >= 11 is 0. The Morgan fingerprint density at radius 1 is 1.26 bits per heavy atom. The van der Waals surface area contributed by atoms with Crippen LogP contribution in [0.1, 0.15) is 31.7 Å². The average Bonchev–Trinajstić information content (AvgIpc) is 2.24. The monoisotopic (exact) mass is 270 g/mol. The summed E-state index contributed by atoms with van der Waals surface area (Å²) in [5.41, 5.74) is 0.505. The van der Waals surface area contributed by atoms with Crippen LogP contribution in [0.4, 0.5) is 8.78 Å². The number of hydrogen-bond donors (Lipinski definition) is 1. The second-order valence-corrected chi connectivity index (χ2v) is 5.29. The van der Waals surface area contributed by atoms with Gasteiger partial charge >= 0.3 is 0 Å². The zero-order chi connectivity index (χ0) is 13.8. The lowest BCUT2D eigenvalue weighted by atomic mass is 9.78. The maximum absolute atomic E-state index is 13.0. The third-order valence-corrected chi connectivity index (χ3v) is 3.59. The molecular weight excluding hydrogens is 250 g/mol. The van der Waals surface area contributed by atoms with Crippen molar-refractivity contribution >= 4 is 0 Å². The van der Waals surface area contributed by atoms with Gasteiger partial charge in [0, 0.05) is 12.7 Å². The fourth-order valence-corrected chi connectivity index (χ4v) is 2.71. The molecule has 0 heterocycles. The van der Waals surface area contributed by atoms with E-state index in [9.17, 15) is 13.9 Å². The van der Waals surface area contributed by atoms with Gasteiger partial charge in [0.25, 0.3) is 0 Å². The normalized spacial score (nSPS) is 24.0. The van der Waals surface area contributed by atoms with Crippen LogP contribution in [-0.2, 0) is 11.2 Å².